The van der Waals surface area contributed by atoms with Gasteiger partial charge in [0.2, 0.25) is 0 Å². The molecule has 1 rings (SSSR count). The van der Waals surface area contributed by atoms with Crippen LogP contribution in [0.2, 0.25) is 0 Å². The second-order valence-electron chi connectivity index (χ2n) is 3.49. The summed E-state index contributed by atoms with van der Waals surface area (Å²) in [6.45, 7) is 4.88. The molecule has 0 radical (unpaired) electrons. The van der Waals surface area contributed by atoms with Crippen LogP contribution in [0.3, 0.4) is 0 Å². The molecule has 1 nitrogen and oxygen atoms in total. The van der Waals surface area contributed by atoms with E-state index in [0.29, 0.717) is 12.0 Å². The van der Waals surface area contributed by atoms with Crippen LogP contribution in [0, 0.1) is 11.3 Å². The Labute approximate surface area is 57.1 Å². The zero-order valence-corrected chi connectivity index (χ0v) is 6.35. The van der Waals surface area contributed by atoms with Crippen LogP contribution in [-0.2, 0) is 0 Å². The molecule has 0 spiro atoms. The summed E-state index contributed by atoms with van der Waals surface area (Å²) in [4.78, 5) is 0. The van der Waals surface area contributed by atoms with Crippen molar-refractivity contribution in [2.24, 2.45) is 11.3 Å². The molecule has 0 aromatic carbocycles. The van der Waals surface area contributed by atoms with Crippen molar-refractivity contribution in [3.05, 3.63) is 0 Å². The third-order valence-corrected chi connectivity index (χ3v) is 2.73. The summed E-state index contributed by atoms with van der Waals surface area (Å²) in [5.41, 5.74) is 0.550. The molecule has 1 heteroatoms. The summed E-state index contributed by atoms with van der Waals surface area (Å²) < 4.78 is 0. The van der Waals surface area contributed by atoms with Crippen LogP contribution < -0.4 is 0 Å². The first kappa shape index (κ1) is 7.07. The zero-order valence-electron chi connectivity index (χ0n) is 6.35. The Morgan fingerprint density at radius 3 is 2.11 bits per heavy atom. The normalized spacial score (nSPS) is 22.7. The van der Waals surface area contributed by atoms with E-state index in [9.17, 15) is 0 Å². The van der Waals surface area contributed by atoms with Crippen LogP contribution in [0.25, 0.3) is 0 Å². The molecular formula is C8H16O. The van der Waals surface area contributed by atoms with Crippen molar-refractivity contribution in [3.63, 3.8) is 0 Å². The van der Waals surface area contributed by atoms with Gasteiger partial charge in [-0.2, -0.15) is 0 Å². The van der Waals surface area contributed by atoms with E-state index in [1.807, 2.05) is 0 Å². The summed E-state index contributed by atoms with van der Waals surface area (Å²) in [5, 5.41) is 8.69. The van der Waals surface area contributed by atoms with Crippen molar-refractivity contribution in [1.29, 1.82) is 0 Å². The Morgan fingerprint density at radius 1 is 1.44 bits per heavy atom. The van der Waals surface area contributed by atoms with Crippen molar-refractivity contribution in [3.8, 4) is 0 Å². The lowest BCUT2D eigenvalue weighted by Crippen LogP contribution is -2.10. The van der Waals surface area contributed by atoms with E-state index >= 15 is 0 Å². The van der Waals surface area contributed by atoms with Crippen molar-refractivity contribution in [2.75, 3.05) is 6.61 Å². The number of hydrogen-bond acceptors (Lipinski definition) is 1. The van der Waals surface area contributed by atoms with E-state index in [-0.39, 0.29) is 0 Å². The highest BCUT2D eigenvalue weighted by molar-refractivity contribution is 4.94. The summed E-state index contributed by atoms with van der Waals surface area (Å²) >= 11 is 0. The van der Waals surface area contributed by atoms with Crippen LogP contribution in [-0.4, -0.2) is 11.7 Å². The topological polar surface area (TPSA) is 20.2 Å². The van der Waals surface area contributed by atoms with Crippen molar-refractivity contribution in [1.82, 2.24) is 0 Å². The third kappa shape index (κ3) is 1.26. The molecule has 1 saturated carbocycles. The summed E-state index contributed by atoms with van der Waals surface area (Å²) in [6, 6.07) is 0. The summed E-state index contributed by atoms with van der Waals surface area (Å²) in [7, 11) is 0. The van der Waals surface area contributed by atoms with E-state index in [4.69, 9.17) is 5.11 Å². The van der Waals surface area contributed by atoms with Gasteiger partial charge in [-0.25, -0.2) is 0 Å². The first-order valence-corrected chi connectivity index (χ1v) is 3.82. The molecule has 1 N–H and O–H groups in total. The highest BCUT2D eigenvalue weighted by Crippen LogP contribution is 2.54. The Morgan fingerprint density at radius 2 is 2.00 bits per heavy atom. The summed E-state index contributed by atoms with van der Waals surface area (Å²) in [5.74, 6) is 0.768. The van der Waals surface area contributed by atoms with E-state index in [1.165, 1.54) is 12.8 Å². The standard InChI is InChI=1S/C8H16O/c1-7(2)8(3-4-8)5-6-9/h7,9H,3-6H2,1-2H3. The number of hydrogen-bond donors (Lipinski definition) is 1. The largest absolute Gasteiger partial charge is 0.396 e. The van der Waals surface area contributed by atoms with Gasteiger partial charge in [-0.1, -0.05) is 13.8 Å². The predicted octanol–water partition coefficient (Wildman–Crippen LogP) is 1.80. The maximum atomic E-state index is 8.69. The molecule has 1 aliphatic carbocycles. The first-order valence-electron chi connectivity index (χ1n) is 3.82. The van der Waals surface area contributed by atoms with Crippen LogP contribution in [0.4, 0.5) is 0 Å². The Bertz CT molecular complexity index is 92.7. The molecule has 0 aromatic rings. The van der Waals surface area contributed by atoms with E-state index in [2.05, 4.69) is 13.8 Å². The quantitative estimate of drug-likeness (QED) is 0.614. The molecule has 0 amide bonds. The monoisotopic (exact) mass is 128 g/mol. The Kier molecular flexibility index (Phi) is 1.80. The van der Waals surface area contributed by atoms with Crippen LogP contribution in [0.5, 0.6) is 0 Å². The van der Waals surface area contributed by atoms with Gasteiger partial charge >= 0.3 is 0 Å². The lowest BCUT2D eigenvalue weighted by molar-refractivity contribution is 0.218. The van der Waals surface area contributed by atoms with Crippen LogP contribution in [0.15, 0.2) is 0 Å². The third-order valence-electron chi connectivity index (χ3n) is 2.73. The SMILES string of the molecule is CC(C)C1(CCO)CC1. The molecule has 1 fully saturated rings. The maximum absolute atomic E-state index is 8.69. The fourth-order valence-electron chi connectivity index (χ4n) is 1.50. The number of aliphatic hydroxyl groups is 1. The van der Waals surface area contributed by atoms with Crippen molar-refractivity contribution >= 4 is 0 Å². The van der Waals surface area contributed by atoms with Gasteiger partial charge < -0.3 is 5.11 Å². The van der Waals surface area contributed by atoms with Crippen molar-refractivity contribution < 1.29 is 5.11 Å². The summed E-state index contributed by atoms with van der Waals surface area (Å²) in [6.07, 6.45) is 3.70. The molecule has 0 bridgehead atoms. The maximum Gasteiger partial charge on any atom is 0.0436 e. The van der Waals surface area contributed by atoms with Gasteiger partial charge in [0.05, 0.1) is 0 Å². The van der Waals surface area contributed by atoms with Gasteiger partial charge in [0.15, 0.2) is 0 Å². The van der Waals surface area contributed by atoms with E-state index < -0.39 is 0 Å². The van der Waals surface area contributed by atoms with Crippen molar-refractivity contribution in [2.45, 2.75) is 33.1 Å². The smallest absolute Gasteiger partial charge is 0.0436 e. The zero-order chi connectivity index (χ0) is 6.91. The van der Waals surface area contributed by atoms with Gasteiger partial charge in [0.25, 0.3) is 0 Å². The van der Waals surface area contributed by atoms with Gasteiger partial charge in [-0.3, -0.25) is 0 Å². The highest BCUT2D eigenvalue weighted by atomic mass is 16.3. The van der Waals surface area contributed by atoms with Gasteiger partial charge in [0, 0.05) is 6.61 Å². The minimum atomic E-state index is 0.373. The minimum absolute atomic E-state index is 0.373. The average Bonchev–Trinajstić information content (AvgIpc) is 2.49. The van der Waals surface area contributed by atoms with E-state index in [1.54, 1.807) is 0 Å². The number of aliphatic hydroxyl groups excluding tert-OH is 1. The average molecular weight is 128 g/mol. The lowest BCUT2D eigenvalue weighted by Gasteiger charge is -2.17. The molecule has 54 valence electrons. The molecule has 9 heavy (non-hydrogen) atoms. The molecule has 0 aliphatic heterocycles. The highest BCUT2D eigenvalue weighted by Gasteiger charge is 2.44. The second-order valence-corrected chi connectivity index (χ2v) is 3.49. The Balaban J connectivity index is 2.33. The molecule has 0 heterocycles. The van der Waals surface area contributed by atoms with Gasteiger partial charge in [-0.05, 0) is 30.6 Å². The molecule has 0 saturated heterocycles. The van der Waals surface area contributed by atoms with Crippen LogP contribution in [0.1, 0.15) is 33.1 Å². The first-order chi connectivity index (χ1) is 4.21. The predicted molar refractivity (Wildman–Crippen MR) is 38.2 cm³/mol. The van der Waals surface area contributed by atoms with Gasteiger partial charge in [-0.15, -0.1) is 0 Å². The second kappa shape index (κ2) is 2.30. The fraction of sp³-hybridized carbons (Fsp3) is 1.00. The minimum Gasteiger partial charge on any atom is -0.396 e. The van der Waals surface area contributed by atoms with E-state index in [0.717, 1.165) is 12.3 Å². The van der Waals surface area contributed by atoms with Gasteiger partial charge in [0.1, 0.15) is 0 Å². The molecule has 0 atom stereocenters. The molecule has 1 aliphatic rings. The fourth-order valence-corrected chi connectivity index (χ4v) is 1.50. The molecule has 0 unspecified atom stereocenters. The van der Waals surface area contributed by atoms with Crippen LogP contribution >= 0.6 is 0 Å². The molecule has 0 aromatic heterocycles. The Hall–Kier alpha value is -0.0400. The lowest BCUT2D eigenvalue weighted by atomic mass is 9.89. The molecular weight excluding hydrogens is 112 g/mol. The number of rotatable bonds is 3.